The van der Waals surface area contributed by atoms with Crippen molar-refractivity contribution in [2.75, 3.05) is 20.2 Å². The van der Waals surface area contributed by atoms with Crippen LogP contribution in [-0.4, -0.2) is 48.9 Å². The van der Waals surface area contributed by atoms with Crippen LogP contribution >= 0.6 is 11.3 Å². The number of amides is 3. The molecule has 1 unspecified atom stereocenters. The van der Waals surface area contributed by atoms with Gasteiger partial charge in [0.05, 0.1) is 18.5 Å². The van der Waals surface area contributed by atoms with Gasteiger partial charge in [-0.15, -0.1) is 17.9 Å². The van der Waals surface area contributed by atoms with Gasteiger partial charge in [-0.3, -0.25) is 14.4 Å². The highest BCUT2D eigenvalue weighted by Gasteiger charge is 2.32. The van der Waals surface area contributed by atoms with Gasteiger partial charge in [0.2, 0.25) is 11.8 Å². The first-order valence-corrected chi connectivity index (χ1v) is 11.6. The van der Waals surface area contributed by atoms with Gasteiger partial charge in [0.15, 0.2) is 0 Å². The van der Waals surface area contributed by atoms with Crippen LogP contribution in [0.1, 0.15) is 47.0 Å². The molecule has 1 aromatic carbocycles. The Morgan fingerprint density at radius 1 is 1.22 bits per heavy atom. The van der Waals surface area contributed by atoms with E-state index >= 15 is 0 Å². The number of hydrogen-bond acceptors (Lipinski definition) is 5. The fraction of sp³-hybridized carbons (Fsp3) is 0.375. The summed E-state index contributed by atoms with van der Waals surface area (Å²) in [7, 11) is 1.57. The summed E-state index contributed by atoms with van der Waals surface area (Å²) in [6, 6.07) is 9.84. The molecule has 2 aromatic rings. The van der Waals surface area contributed by atoms with Crippen LogP contribution in [-0.2, 0) is 9.59 Å². The number of rotatable bonds is 10. The molecule has 0 spiro atoms. The zero-order valence-corrected chi connectivity index (χ0v) is 19.0. The van der Waals surface area contributed by atoms with Crippen LogP contribution in [0.2, 0.25) is 0 Å². The number of ether oxygens (including phenoxy) is 1. The highest BCUT2D eigenvalue weighted by atomic mass is 32.1. The van der Waals surface area contributed by atoms with Crippen molar-refractivity contribution in [1.82, 2.24) is 15.5 Å². The second-order valence-corrected chi connectivity index (χ2v) is 8.61. The van der Waals surface area contributed by atoms with E-state index in [1.807, 2.05) is 0 Å². The van der Waals surface area contributed by atoms with Gasteiger partial charge in [-0.05, 0) is 42.0 Å². The molecule has 7 nitrogen and oxygen atoms in total. The molecular formula is C24H29N3O4S. The normalized spacial score (nSPS) is 14.4. The van der Waals surface area contributed by atoms with Gasteiger partial charge in [-0.25, -0.2) is 0 Å². The van der Waals surface area contributed by atoms with E-state index in [0.717, 1.165) is 25.7 Å². The Morgan fingerprint density at radius 2 is 1.94 bits per heavy atom. The Hall–Kier alpha value is -3.13. The van der Waals surface area contributed by atoms with Gasteiger partial charge < -0.3 is 20.3 Å². The third-order valence-corrected chi connectivity index (χ3v) is 6.35. The predicted octanol–water partition coefficient (Wildman–Crippen LogP) is 3.30. The number of carbonyl (C=O) groups excluding carboxylic acids is 3. The average Bonchev–Trinajstić information content (AvgIpc) is 3.52. The van der Waals surface area contributed by atoms with E-state index < -0.39 is 6.04 Å². The lowest BCUT2D eigenvalue weighted by Gasteiger charge is -2.31. The lowest BCUT2D eigenvalue weighted by Crippen LogP contribution is -2.48. The van der Waals surface area contributed by atoms with Gasteiger partial charge in [0.1, 0.15) is 11.8 Å². The zero-order chi connectivity index (χ0) is 22.9. The summed E-state index contributed by atoms with van der Waals surface area (Å²) >= 11 is 1.30. The minimum atomic E-state index is -0.842. The van der Waals surface area contributed by atoms with E-state index in [1.165, 1.54) is 16.2 Å². The van der Waals surface area contributed by atoms with Crippen LogP contribution in [0.25, 0.3) is 0 Å². The van der Waals surface area contributed by atoms with E-state index in [0.29, 0.717) is 16.2 Å². The smallest absolute Gasteiger partial charge is 0.261 e. The van der Waals surface area contributed by atoms with Crippen LogP contribution in [0.4, 0.5) is 0 Å². The zero-order valence-electron chi connectivity index (χ0n) is 18.2. The first kappa shape index (κ1) is 23.5. The number of carbonyl (C=O) groups is 3. The fourth-order valence-corrected chi connectivity index (χ4v) is 4.49. The molecule has 1 aliphatic carbocycles. The predicted molar refractivity (Wildman–Crippen MR) is 125 cm³/mol. The quantitative estimate of drug-likeness (QED) is 0.538. The Bertz CT molecular complexity index is 921. The number of nitrogens with one attached hydrogen (secondary N) is 2. The van der Waals surface area contributed by atoms with Crippen molar-refractivity contribution < 1.29 is 19.1 Å². The summed E-state index contributed by atoms with van der Waals surface area (Å²) in [6.07, 6.45) is 5.63. The summed E-state index contributed by atoms with van der Waals surface area (Å²) in [5.74, 6) is -0.254. The van der Waals surface area contributed by atoms with E-state index in [4.69, 9.17) is 4.74 Å². The Balaban J connectivity index is 1.81. The summed E-state index contributed by atoms with van der Waals surface area (Å²) < 4.78 is 5.23. The molecule has 0 radical (unpaired) electrons. The van der Waals surface area contributed by atoms with Gasteiger partial charge in [-0.2, -0.15) is 0 Å². The Labute approximate surface area is 192 Å². The molecule has 1 aliphatic rings. The molecule has 3 rings (SSSR count). The second-order valence-electron chi connectivity index (χ2n) is 7.66. The van der Waals surface area contributed by atoms with Crippen LogP contribution in [0.15, 0.2) is 54.4 Å². The molecular weight excluding hydrogens is 426 g/mol. The number of thiophene rings is 1. The lowest BCUT2D eigenvalue weighted by atomic mass is 10.0. The molecule has 1 heterocycles. The lowest BCUT2D eigenvalue weighted by molar-refractivity contribution is -0.139. The maximum Gasteiger partial charge on any atom is 0.261 e. The molecule has 1 saturated carbocycles. The third-order valence-electron chi connectivity index (χ3n) is 5.48. The molecule has 1 aromatic heterocycles. The molecule has 32 heavy (non-hydrogen) atoms. The van der Waals surface area contributed by atoms with Gasteiger partial charge in [0, 0.05) is 12.6 Å². The first-order chi connectivity index (χ1) is 15.5. The number of nitrogens with zero attached hydrogens (tertiary/aromatic N) is 1. The molecule has 8 heteroatoms. The van der Waals surface area contributed by atoms with Gasteiger partial charge >= 0.3 is 0 Å². The second kappa shape index (κ2) is 11.5. The first-order valence-electron chi connectivity index (χ1n) is 10.7. The van der Waals surface area contributed by atoms with Crippen LogP contribution in [0.3, 0.4) is 0 Å². The maximum atomic E-state index is 13.3. The van der Waals surface area contributed by atoms with E-state index in [-0.39, 0.29) is 36.9 Å². The van der Waals surface area contributed by atoms with Crippen LogP contribution in [0, 0.1) is 0 Å². The summed E-state index contributed by atoms with van der Waals surface area (Å²) in [5.41, 5.74) is 0.668. The highest BCUT2D eigenvalue weighted by molar-refractivity contribution is 7.12. The van der Waals surface area contributed by atoms with E-state index in [9.17, 15) is 14.4 Å². The monoisotopic (exact) mass is 455 g/mol. The van der Waals surface area contributed by atoms with E-state index in [2.05, 4.69) is 17.2 Å². The van der Waals surface area contributed by atoms with Crippen molar-refractivity contribution in [1.29, 1.82) is 0 Å². The van der Waals surface area contributed by atoms with Gasteiger partial charge in [-0.1, -0.05) is 37.1 Å². The largest absolute Gasteiger partial charge is 0.497 e. The van der Waals surface area contributed by atoms with Crippen LogP contribution in [0.5, 0.6) is 5.75 Å². The maximum absolute atomic E-state index is 13.3. The van der Waals surface area contributed by atoms with Gasteiger partial charge in [0.25, 0.3) is 5.91 Å². The Kier molecular flexibility index (Phi) is 8.44. The number of hydrogen-bond donors (Lipinski definition) is 2. The van der Waals surface area contributed by atoms with Crippen molar-refractivity contribution in [3.05, 3.63) is 64.9 Å². The number of methoxy groups -OCH3 is 1. The summed E-state index contributed by atoms with van der Waals surface area (Å²) in [6.45, 7) is 3.71. The van der Waals surface area contributed by atoms with E-state index in [1.54, 1.807) is 55.0 Å². The van der Waals surface area contributed by atoms with Crippen LogP contribution < -0.4 is 15.4 Å². The molecule has 0 aliphatic heterocycles. The average molecular weight is 456 g/mol. The summed E-state index contributed by atoms with van der Waals surface area (Å²) in [4.78, 5) is 40.8. The molecule has 170 valence electrons. The number of benzene rings is 1. The molecule has 3 amide bonds. The Morgan fingerprint density at radius 3 is 2.53 bits per heavy atom. The topological polar surface area (TPSA) is 87.7 Å². The SMILES string of the molecule is C=CCN(C(=O)CNC(=O)c1cccs1)C(C(=O)NC1CCCC1)c1ccc(OC)cc1. The summed E-state index contributed by atoms with van der Waals surface area (Å²) in [5, 5.41) is 7.56. The minimum Gasteiger partial charge on any atom is -0.497 e. The van der Waals surface area contributed by atoms with Crippen molar-refractivity contribution >= 4 is 29.1 Å². The van der Waals surface area contributed by atoms with Crippen molar-refractivity contribution in [2.45, 2.75) is 37.8 Å². The molecule has 0 saturated heterocycles. The highest BCUT2D eigenvalue weighted by Crippen LogP contribution is 2.26. The fourth-order valence-electron chi connectivity index (χ4n) is 3.85. The molecule has 1 fully saturated rings. The van der Waals surface area contributed by atoms with Crippen molar-refractivity contribution in [2.24, 2.45) is 0 Å². The standard InChI is InChI=1S/C24H29N3O4S/c1-3-14-27(21(28)16-25-23(29)20-9-6-15-32-20)22(17-10-12-19(31-2)13-11-17)24(30)26-18-7-4-5-8-18/h3,6,9-13,15,18,22H,1,4-5,7-8,14,16H2,2H3,(H,25,29)(H,26,30). The molecule has 1 atom stereocenters. The molecule has 0 bridgehead atoms. The van der Waals surface area contributed by atoms with Crippen molar-refractivity contribution in [3.8, 4) is 5.75 Å². The van der Waals surface area contributed by atoms with Crippen molar-refractivity contribution in [3.63, 3.8) is 0 Å². The third kappa shape index (κ3) is 5.97. The minimum absolute atomic E-state index is 0.113. The molecule has 2 N–H and O–H groups in total.